The minimum atomic E-state index is -0.259. The number of amides is 1. The summed E-state index contributed by atoms with van der Waals surface area (Å²) in [7, 11) is 0. The first-order chi connectivity index (χ1) is 13.0. The summed E-state index contributed by atoms with van der Waals surface area (Å²) >= 11 is 6.82. The highest BCUT2D eigenvalue weighted by atomic mass is 127. The number of para-hydroxylation sites is 1. The minimum absolute atomic E-state index is 0.0790. The van der Waals surface area contributed by atoms with Gasteiger partial charge in [0, 0.05) is 5.69 Å². The molecule has 0 aliphatic rings. The Balaban J connectivity index is 2.09. The lowest BCUT2D eigenvalue weighted by molar-refractivity contribution is -0.118. The Morgan fingerprint density at radius 3 is 2.70 bits per heavy atom. The molecule has 4 N–H and O–H groups in total. The Bertz CT molecular complexity index is 831. The van der Waals surface area contributed by atoms with Crippen LogP contribution < -0.4 is 25.9 Å². The molecule has 0 fully saturated rings. The van der Waals surface area contributed by atoms with Gasteiger partial charge in [-0.25, -0.2) is 0 Å². The average Bonchev–Trinajstić information content (AvgIpc) is 2.62. The molecule has 0 unspecified atom stereocenters. The Hall–Kier alpha value is -2.40. The van der Waals surface area contributed by atoms with Crippen LogP contribution in [0.15, 0.2) is 47.6 Å². The molecule has 0 atom stereocenters. The van der Waals surface area contributed by atoms with Crippen molar-refractivity contribution in [2.45, 2.75) is 6.92 Å². The molecule has 27 heavy (non-hydrogen) atoms. The number of hydrogen-bond acceptors (Lipinski definition) is 5. The fourth-order valence-electron chi connectivity index (χ4n) is 2.09. The summed E-state index contributed by atoms with van der Waals surface area (Å²) in [6.07, 6.45) is 1.57. The molecule has 0 bridgehead atoms. The second-order valence-electron chi connectivity index (χ2n) is 5.20. The summed E-state index contributed by atoms with van der Waals surface area (Å²) in [5, 5.41) is 6.78. The second-order valence-corrected chi connectivity index (χ2v) is 6.80. The van der Waals surface area contributed by atoms with E-state index in [0.717, 1.165) is 9.13 Å². The van der Waals surface area contributed by atoms with Gasteiger partial charge in [-0.15, -0.1) is 0 Å². The Labute approximate surface area is 176 Å². The maximum Gasteiger partial charge on any atom is 0.262 e. The van der Waals surface area contributed by atoms with Crippen LogP contribution in [0.3, 0.4) is 0 Å². The van der Waals surface area contributed by atoms with Gasteiger partial charge in [0.1, 0.15) is 0 Å². The van der Waals surface area contributed by atoms with Gasteiger partial charge in [0.15, 0.2) is 23.2 Å². The standard InChI is InChI=1S/C18H19IN4O3S/c1-2-25-15-9-12(10-21-23-18(20)27)8-14(19)17(15)26-11-16(24)22-13-6-4-3-5-7-13/h3-10H,2,11H2,1H3,(H,22,24)(H3,20,23,27)/b21-10+. The summed E-state index contributed by atoms with van der Waals surface area (Å²) in [6.45, 7) is 2.18. The molecule has 2 aromatic rings. The second kappa shape index (κ2) is 10.7. The van der Waals surface area contributed by atoms with Gasteiger partial charge in [-0.3, -0.25) is 10.2 Å². The monoisotopic (exact) mass is 498 g/mol. The topological polar surface area (TPSA) is 98.0 Å². The van der Waals surface area contributed by atoms with E-state index < -0.39 is 0 Å². The lowest BCUT2D eigenvalue weighted by atomic mass is 10.2. The Morgan fingerprint density at radius 1 is 1.30 bits per heavy atom. The third kappa shape index (κ3) is 7.02. The summed E-state index contributed by atoms with van der Waals surface area (Å²) < 4.78 is 12.1. The number of nitrogens with two attached hydrogens (primary N) is 1. The number of carbonyl (C=O) groups is 1. The number of hydrazone groups is 1. The predicted molar refractivity (Wildman–Crippen MR) is 118 cm³/mol. The molecule has 0 saturated carbocycles. The van der Waals surface area contributed by atoms with Crippen molar-refractivity contribution in [3.63, 3.8) is 0 Å². The van der Waals surface area contributed by atoms with Crippen molar-refractivity contribution in [2.24, 2.45) is 10.8 Å². The van der Waals surface area contributed by atoms with Crippen molar-refractivity contribution in [3.05, 3.63) is 51.6 Å². The van der Waals surface area contributed by atoms with Crippen molar-refractivity contribution in [1.29, 1.82) is 0 Å². The van der Waals surface area contributed by atoms with Crippen molar-refractivity contribution in [2.75, 3.05) is 18.5 Å². The van der Waals surface area contributed by atoms with Crippen molar-refractivity contribution in [1.82, 2.24) is 5.43 Å². The summed E-state index contributed by atoms with van der Waals surface area (Å²) in [4.78, 5) is 12.1. The molecular formula is C18H19IN4O3S. The van der Waals surface area contributed by atoms with Crippen LogP contribution in [-0.4, -0.2) is 30.4 Å². The fourth-order valence-corrected chi connectivity index (χ4v) is 2.93. The normalized spacial score (nSPS) is 10.4. The van der Waals surface area contributed by atoms with E-state index in [2.05, 4.69) is 38.4 Å². The van der Waals surface area contributed by atoms with E-state index >= 15 is 0 Å². The zero-order valence-electron chi connectivity index (χ0n) is 14.6. The largest absolute Gasteiger partial charge is 0.490 e. The van der Waals surface area contributed by atoms with Gasteiger partial charge in [0.05, 0.1) is 16.4 Å². The Kier molecular flexibility index (Phi) is 8.27. The zero-order chi connectivity index (χ0) is 19.6. The average molecular weight is 498 g/mol. The van der Waals surface area contributed by atoms with Crippen molar-refractivity contribution in [3.8, 4) is 11.5 Å². The predicted octanol–water partition coefficient (Wildman–Crippen LogP) is 2.87. The first kappa shape index (κ1) is 20.9. The molecule has 0 saturated heterocycles. The van der Waals surface area contributed by atoms with E-state index in [1.54, 1.807) is 12.3 Å². The van der Waals surface area contributed by atoms with E-state index in [9.17, 15) is 4.79 Å². The molecule has 0 radical (unpaired) electrons. The van der Waals surface area contributed by atoms with Gasteiger partial charge in [-0.1, -0.05) is 18.2 Å². The highest BCUT2D eigenvalue weighted by molar-refractivity contribution is 14.1. The fraction of sp³-hybridized carbons (Fsp3) is 0.167. The maximum absolute atomic E-state index is 12.1. The minimum Gasteiger partial charge on any atom is -0.490 e. The van der Waals surface area contributed by atoms with E-state index in [1.807, 2.05) is 43.3 Å². The summed E-state index contributed by atoms with van der Waals surface area (Å²) in [5.74, 6) is 0.763. The van der Waals surface area contributed by atoms with Gasteiger partial charge in [0.2, 0.25) is 0 Å². The van der Waals surface area contributed by atoms with E-state index in [1.165, 1.54) is 0 Å². The highest BCUT2D eigenvalue weighted by Crippen LogP contribution is 2.34. The number of nitrogens with zero attached hydrogens (tertiary/aromatic N) is 1. The van der Waals surface area contributed by atoms with E-state index in [4.69, 9.17) is 27.4 Å². The van der Waals surface area contributed by atoms with Gasteiger partial charge in [-0.05, 0) is 71.6 Å². The zero-order valence-corrected chi connectivity index (χ0v) is 17.5. The van der Waals surface area contributed by atoms with Crippen LogP contribution in [0, 0.1) is 3.57 Å². The first-order valence-electron chi connectivity index (χ1n) is 8.02. The third-order valence-electron chi connectivity index (χ3n) is 3.13. The molecule has 2 rings (SSSR count). The number of ether oxygens (including phenoxy) is 2. The molecule has 9 heteroatoms. The van der Waals surface area contributed by atoms with Crippen LogP contribution in [0.5, 0.6) is 11.5 Å². The van der Waals surface area contributed by atoms with Gasteiger partial charge >= 0.3 is 0 Å². The molecule has 142 valence electrons. The first-order valence-corrected chi connectivity index (χ1v) is 9.51. The van der Waals surface area contributed by atoms with E-state index in [0.29, 0.717) is 23.8 Å². The van der Waals surface area contributed by atoms with Crippen molar-refractivity contribution >= 4 is 57.7 Å². The molecular weight excluding hydrogens is 479 g/mol. The number of nitrogens with one attached hydrogen (secondary N) is 2. The van der Waals surface area contributed by atoms with Crippen LogP contribution in [0.2, 0.25) is 0 Å². The molecule has 0 aromatic heterocycles. The number of rotatable bonds is 8. The molecule has 1 amide bonds. The number of anilines is 1. The van der Waals surface area contributed by atoms with Crippen LogP contribution in [0.4, 0.5) is 5.69 Å². The molecule has 0 aliphatic carbocycles. The molecule has 0 aliphatic heterocycles. The molecule has 0 spiro atoms. The van der Waals surface area contributed by atoms with Crippen molar-refractivity contribution < 1.29 is 14.3 Å². The molecule has 7 nitrogen and oxygen atoms in total. The van der Waals surface area contributed by atoms with Crippen LogP contribution >= 0.6 is 34.8 Å². The van der Waals surface area contributed by atoms with Crippen LogP contribution in [-0.2, 0) is 4.79 Å². The lowest BCUT2D eigenvalue weighted by Crippen LogP contribution is -2.24. The number of benzene rings is 2. The summed E-state index contributed by atoms with van der Waals surface area (Å²) in [6, 6.07) is 12.8. The van der Waals surface area contributed by atoms with Gasteiger partial charge < -0.3 is 20.5 Å². The number of thiocarbonyl (C=S) groups is 1. The molecule has 2 aromatic carbocycles. The number of halogens is 1. The smallest absolute Gasteiger partial charge is 0.262 e. The molecule has 0 heterocycles. The number of carbonyl (C=O) groups excluding carboxylic acids is 1. The maximum atomic E-state index is 12.1. The van der Waals surface area contributed by atoms with Gasteiger partial charge in [0.25, 0.3) is 5.91 Å². The van der Waals surface area contributed by atoms with Crippen LogP contribution in [0.1, 0.15) is 12.5 Å². The highest BCUT2D eigenvalue weighted by Gasteiger charge is 2.14. The SMILES string of the molecule is CCOc1cc(/C=N/NC(N)=S)cc(I)c1OCC(=O)Nc1ccccc1. The van der Waals surface area contributed by atoms with Gasteiger partial charge in [-0.2, -0.15) is 5.10 Å². The number of hydrogen-bond donors (Lipinski definition) is 3. The lowest BCUT2D eigenvalue weighted by Gasteiger charge is -2.14. The van der Waals surface area contributed by atoms with Crippen LogP contribution in [0.25, 0.3) is 0 Å². The van der Waals surface area contributed by atoms with E-state index in [-0.39, 0.29) is 17.6 Å². The summed E-state index contributed by atoms with van der Waals surface area (Å²) in [5.41, 5.74) is 9.31. The Morgan fingerprint density at radius 2 is 2.04 bits per heavy atom. The third-order valence-corrected chi connectivity index (χ3v) is 4.02. The quantitative estimate of drug-likeness (QED) is 0.224.